The van der Waals surface area contributed by atoms with Gasteiger partial charge in [-0.3, -0.25) is 24.6 Å². The summed E-state index contributed by atoms with van der Waals surface area (Å²) >= 11 is 0. The number of aromatic nitrogens is 2. The largest absolute Gasteiger partial charge is 0.375 e. The molecule has 0 aliphatic carbocycles. The van der Waals surface area contributed by atoms with Crippen molar-refractivity contribution in [2.24, 2.45) is 4.99 Å². The van der Waals surface area contributed by atoms with E-state index in [0.29, 0.717) is 23.9 Å². The Morgan fingerprint density at radius 1 is 1.56 bits per heavy atom. The first-order valence-electron chi connectivity index (χ1n) is 7.40. The van der Waals surface area contributed by atoms with Gasteiger partial charge >= 0.3 is 0 Å². The summed E-state index contributed by atoms with van der Waals surface area (Å²) in [5.74, 6) is 0.831. The van der Waals surface area contributed by atoms with Crippen LogP contribution in [0.4, 0.5) is 0 Å². The lowest BCUT2D eigenvalue weighted by Gasteiger charge is -2.10. The normalized spacial score (nSPS) is 12.9. The van der Waals surface area contributed by atoms with Gasteiger partial charge in [-0.25, -0.2) is 4.98 Å². The molecule has 1 rings (SSSR count). The summed E-state index contributed by atoms with van der Waals surface area (Å²) in [4.78, 5) is 22.6. The van der Waals surface area contributed by atoms with Gasteiger partial charge in [-0.1, -0.05) is 0 Å². The van der Waals surface area contributed by atoms with Crippen molar-refractivity contribution in [2.75, 3.05) is 26.4 Å². The molecule has 1 amide bonds. The lowest BCUT2D eigenvalue weighted by molar-refractivity contribution is -0.115. The van der Waals surface area contributed by atoms with Crippen LogP contribution < -0.4 is 21.3 Å². The second-order valence-corrected chi connectivity index (χ2v) is 6.37. The number of nitrogens with zero attached hydrogens (tertiary/aromatic N) is 3. The standard InChI is InChI=1S/C14H22N8O2S/c1-10-11(21-9-20-10)7-25(24)5-4-18-12(16-2)6-13(23)22-14(17-3)19-8-15/h6,9,16,18H,4-5,7H2,1-3H3,(H,20,21)(H2,17,19,22,23)/b12-6-. The Morgan fingerprint density at radius 2 is 2.32 bits per heavy atom. The Kier molecular flexibility index (Phi) is 8.73. The van der Waals surface area contributed by atoms with Gasteiger partial charge < -0.3 is 15.6 Å². The minimum atomic E-state index is -1.07. The van der Waals surface area contributed by atoms with Crippen molar-refractivity contribution < 1.29 is 9.00 Å². The first kappa shape index (κ1) is 20.2. The van der Waals surface area contributed by atoms with Crippen LogP contribution >= 0.6 is 0 Å². The zero-order valence-corrected chi connectivity index (χ0v) is 15.2. The minimum Gasteiger partial charge on any atom is -0.375 e. The SMILES string of the molecule is CN=C(NC#N)NC(=O)/C=C(/NC)NCCS(=O)Cc1nc[nH]c1C. The Morgan fingerprint density at radius 3 is 2.88 bits per heavy atom. The van der Waals surface area contributed by atoms with Crippen molar-refractivity contribution in [1.82, 2.24) is 31.2 Å². The molecule has 25 heavy (non-hydrogen) atoms. The molecular formula is C14H22N8O2S. The number of hydrogen-bond acceptors (Lipinski definition) is 7. The maximum atomic E-state index is 12.1. The third-order valence-corrected chi connectivity index (χ3v) is 4.32. The Balaban J connectivity index is 2.45. The fourth-order valence-corrected chi connectivity index (χ4v) is 2.82. The number of hydrogen-bond donors (Lipinski definition) is 5. The number of H-pyrrole nitrogens is 1. The molecule has 0 spiro atoms. The topological polar surface area (TPSA) is 147 Å². The van der Waals surface area contributed by atoms with E-state index in [0.717, 1.165) is 11.4 Å². The fourth-order valence-electron chi connectivity index (χ4n) is 1.75. The number of imidazole rings is 1. The van der Waals surface area contributed by atoms with Gasteiger partial charge in [-0.15, -0.1) is 0 Å². The zero-order valence-electron chi connectivity index (χ0n) is 14.3. The number of carbonyl (C=O) groups excluding carboxylic acids is 1. The summed E-state index contributed by atoms with van der Waals surface area (Å²) < 4.78 is 12.1. The number of carbonyl (C=O) groups is 1. The lowest BCUT2D eigenvalue weighted by atomic mass is 10.4. The second-order valence-electron chi connectivity index (χ2n) is 4.80. The third-order valence-electron chi connectivity index (χ3n) is 3.06. The van der Waals surface area contributed by atoms with Crippen molar-refractivity contribution in [3.63, 3.8) is 0 Å². The molecule has 0 saturated heterocycles. The van der Waals surface area contributed by atoms with Gasteiger partial charge in [0.1, 0.15) is 5.82 Å². The van der Waals surface area contributed by atoms with Gasteiger partial charge in [0, 0.05) is 49.0 Å². The Hall–Kier alpha value is -2.87. The highest BCUT2D eigenvalue weighted by atomic mass is 32.2. The van der Waals surface area contributed by atoms with Crippen molar-refractivity contribution >= 4 is 22.7 Å². The molecule has 1 aromatic rings. The van der Waals surface area contributed by atoms with Gasteiger partial charge in [0.15, 0.2) is 6.19 Å². The van der Waals surface area contributed by atoms with E-state index >= 15 is 0 Å². The second kappa shape index (κ2) is 10.8. The molecule has 0 radical (unpaired) electrons. The van der Waals surface area contributed by atoms with Crippen LogP contribution in [0.3, 0.4) is 0 Å². The Bertz CT molecular complexity index is 704. The number of nitrogens with one attached hydrogen (secondary N) is 5. The number of aromatic amines is 1. The summed E-state index contributed by atoms with van der Waals surface area (Å²) in [7, 11) is 2.02. The number of guanidine groups is 1. The maximum Gasteiger partial charge on any atom is 0.254 e. The number of rotatable bonds is 8. The molecule has 11 heteroatoms. The highest BCUT2D eigenvalue weighted by Gasteiger charge is 2.08. The first-order valence-corrected chi connectivity index (χ1v) is 8.89. The monoisotopic (exact) mass is 366 g/mol. The van der Waals surface area contributed by atoms with Crippen molar-refractivity contribution in [3.8, 4) is 6.19 Å². The molecule has 1 aromatic heterocycles. The van der Waals surface area contributed by atoms with E-state index in [4.69, 9.17) is 5.26 Å². The average Bonchev–Trinajstić information content (AvgIpc) is 2.98. The fraction of sp³-hybridized carbons (Fsp3) is 0.429. The maximum absolute atomic E-state index is 12.1. The molecule has 10 nitrogen and oxygen atoms in total. The van der Waals surface area contributed by atoms with E-state index < -0.39 is 16.7 Å². The molecule has 5 N–H and O–H groups in total. The summed E-state index contributed by atoms with van der Waals surface area (Å²) in [6.45, 7) is 2.30. The van der Waals surface area contributed by atoms with Crippen LogP contribution in [-0.4, -0.2) is 52.4 Å². The molecule has 0 bridgehead atoms. The van der Waals surface area contributed by atoms with E-state index in [-0.39, 0.29) is 5.96 Å². The van der Waals surface area contributed by atoms with Gasteiger partial charge in [0.2, 0.25) is 5.96 Å². The average molecular weight is 366 g/mol. The molecule has 136 valence electrons. The summed E-state index contributed by atoms with van der Waals surface area (Å²) in [6, 6.07) is 0. The number of amides is 1. The van der Waals surface area contributed by atoms with E-state index in [9.17, 15) is 9.00 Å². The molecule has 0 aliphatic heterocycles. The highest BCUT2D eigenvalue weighted by Crippen LogP contribution is 2.04. The van der Waals surface area contributed by atoms with Crippen molar-refractivity contribution in [3.05, 3.63) is 29.6 Å². The molecule has 1 unspecified atom stereocenters. The predicted molar refractivity (Wildman–Crippen MR) is 95.4 cm³/mol. The number of aryl methyl sites for hydroxylation is 1. The van der Waals surface area contributed by atoms with Gasteiger partial charge in [-0.05, 0) is 6.92 Å². The van der Waals surface area contributed by atoms with Crippen LogP contribution in [0.25, 0.3) is 0 Å². The zero-order chi connectivity index (χ0) is 18.7. The van der Waals surface area contributed by atoms with Gasteiger partial charge in [0.25, 0.3) is 5.91 Å². The highest BCUT2D eigenvalue weighted by molar-refractivity contribution is 7.84. The van der Waals surface area contributed by atoms with Crippen LogP contribution in [-0.2, 0) is 21.3 Å². The van der Waals surface area contributed by atoms with E-state index in [1.165, 1.54) is 13.1 Å². The summed E-state index contributed by atoms with van der Waals surface area (Å²) in [6.07, 6.45) is 4.53. The summed E-state index contributed by atoms with van der Waals surface area (Å²) in [5.41, 5.74) is 1.70. The molecule has 0 aromatic carbocycles. The lowest BCUT2D eigenvalue weighted by Crippen LogP contribution is -2.39. The number of nitriles is 1. The molecule has 1 atom stereocenters. The van der Waals surface area contributed by atoms with Crippen LogP contribution in [0.2, 0.25) is 0 Å². The third kappa shape index (κ3) is 7.49. The quantitative estimate of drug-likeness (QED) is 0.127. The van der Waals surface area contributed by atoms with Crippen LogP contribution in [0, 0.1) is 18.4 Å². The van der Waals surface area contributed by atoms with Crippen LogP contribution in [0.1, 0.15) is 11.4 Å². The smallest absolute Gasteiger partial charge is 0.254 e. The van der Waals surface area contributed by atoms with Gasteiger partial charge in [-0.2, -0.15) is 5.26 Å². The minimum absolute atomic E-state index is 0.0506. The molecule has 1 heterocycles. The molecule has 0 aliphatic rings. The number of aliphatic imine (C=N–C) groups is 1. The predicted octanol–water partition coefficient (Wildman–Crippen LogP) is -1.21. The van der Waals surface area contributed by atoms with E-state index in [1.807, 2.05) is 6.92 Å². The van der Waals surface area contributed by atoms with Crippen LogP contribution in [0.5, 0.6) is 0 Å². The van der Waals surface area contributed by atoms with Crippen molar-refractivity contribution in [2.45, 2.75) is 12.7 Å². The molecular weight excluding hydrogens is 344 g/mol. The first-order chi connectivity index (χ1) is 12.0. The molecule has 0 saturated carbocycles. The Labute approximate surface area is 148 Å². The van der Waals surface area contributed by atoms with E-state index in [1.54, 1.807) is 19.6 Å². The van der Waals surface area contributed by atoms with Crippen LogP contribution in [0.15, 0.2) is 23.2 Å². The van der Waals surface area contributed by atoms with Gasteiger partial charge in [0.05, 0.1) is 17.8 Å². The summed E-state index contributed by atoms with van der Waals surface area (Å²) in [5, 5.41) is 19.0. The van der Waals surface area contributed by atoms with E-state index in [2.05, 4.69) is 36.2 Å². The molecule has 0 fully saturated rings. The van der Waals surface area contributed by atoms with Crippen molar-refractivity contribution in [1.29, 1.82) is 5.26 Å².